The number of hydrogen-bond donors (Lipinski definition) is 1. The smallest absolute Gasteiger partial charge is 0.416 e. The van der Waals surface area contributed by atoms with E-state index >= 15 is 0 Å². The fraction of sp³-hybridized carbons (Fsp3) is 0.381. The Bertz CT molecular complexity index is 925. The predicted molar refractivity (Wildman–Crippen MR) is 101 cm³/mol. The number of amides is 1. The van der Waals surface area contributed by atoms with Crippen molar-refractivity contribution in [2.24, 2.45) is 0 Å². The predicted octanol–water partition coefficient (Wildman–Crippen LogP) is 4.39. The zero-order chi connectivity index (χ0) is 22.8. The lowest BCUT2D eigenvalue weighted by Crippen LogP contribution is -2.54. The van der Waals surface area contributed by atoms with Gasteiger partial charge in [-0.25, -0.2) is 0 Å². The molecule has 1 aliphatic heterocycles. The molecule has 0 bridgehead atoms. The minimum Gasteiger partial charge on any atom is -0.497 e. The zero-order valence-electron chi connectivity index (χ0n) is 16.5. The average Bonchev–Trinajstić information content (AvgIpc) is 2.72. The Morgan fingerprint density at radius 2 is 1.68 bits per heavy atom. The molecule has 3 rings (SSSR count). The number of nitrogens with one attached hydrogen (secondary N) is 1. The van der Waals surface area contributed by atoms with Gasteiger partial charge in [0.2, 0.25) is 0 Å². The molecule has 168 valence electrons. The molecule has 0 unspecified atom stereocenters. The van der Waals surface area contributed by atoms with Crippen LogP contribution in [0.5, 0.6) is 5.75 Å². The molecule has 0 saturated carbocycles. The van der Waals surface area contributed by atoms with Crippen LogP contribution in [0.2, 0.25) is 0 Å². The molecule has 4 nitrogen and oxygen atoms in total. The number of rotatable bonds is 4. The van der Waals surface area contributed by atoms with E-state index in [4.69, 9.17) is 4.74 Å². The molecule has 1 fully saturated rings. The summed E-state index contributed by atoms with van der Waals surface area (Å²) in [6.07, 6.45) is -8.84. The van der Waals surface area contributed by atoms with Crippen LogP contribution < -0.4 is 10.1 Å². The molecule has 1 saturated heterocycles. The molecule has 0 aromatic heterocycles. The van der Waals surface area contributed by atoms with Crippen molar-refractivity contribution in [1.29, 1.82) is 0 Å². The molecule has 1 heterocycles. The number of nitrogens with zero attached hydrogens (tertiary/aromatic N) is 1. The van der Waals surface area contributed by atoms with E-state index in [0.29, 0.717) is 18.7 Å². The lowest BCUT2D eigenvalue weighted by atomic mass is 10.00. The molecule has 0 aliphatic carbocycles. The minimum absolute atomic E-state index is 0.0902. The Labute approximate surface area is 174 Å². The van der Waals surface area contributed by atoms with Crippen LogP contribution in [0.3, 0.4) is 0 Å². The highest BCUT2D eigenvalue weighted by molar-refractivity contribution is 5.95. The van der Waals surface area contributed by atoms with E-state index in [-0.39, 0.29) is 24.3 Å². The molecule has 2 aromatic carbocycles. The number of methoxy groups -OCH3 is 1. The van der Waals surface area contributed by atoms with Gasteiger partial charge in [0.05, 0.1) is 18.2 Å². The number of hydrogen-bond acceptors (Lipinski definition) is 3. The van der Waals surface area contributed by atoms with Gasteiger partial charge in [0.15, 0.2) is 0 Å². The highest BCUT2D eigenvalue weighted by atomic mass is 19.4. The first-order valence-corrected chi connectivity index (χ1v) is 9.43. The van der Waals surface area contributed by atoms with Crippen LogP contribution in [-0.4, -0.2) is 43.6 Å². The van der Waals surface area contributed by atoms with Gasteiger partial charge in [-0.15, -0.1) is 0 Å². The number of piperazine rings is 1. The van der Waals surface area contributed by atoms with E-state index in [2.05, 4.69) is 5.32 Å². The summed E-state index contributed by atoms with van der Waals surface area (Å²) in [7, 11) is 1.21. The number of ether oxygens (including phenoxy) is 1. The van der Waals surface area contributed by atoms with E-state index in [9.17, 15) is 31.1 Å². The van der Waals surface area contributed by atoms with Gasteiger partial charge in [-0.1, -0.05) is 12.1 Å². The highest BCUT2D eigenvalue weighted by Gasteiger charge is 2.34. The number of carbonyl (C=O) groups is 1. The van der Waals surface area contributed by atoms with E-state index < -0.39 is 35.4 Å². The van der Waals surface area contributed by atoms with E-state index in [1.54, 1.807) is 0 Å². The Hall–Kier alpha value is -2.75. The first-order chi connectivity index (χ1) is 14.5. The summed E-state index contributed by atoms with van der Waals surface area (Å²) in [5.41, 5.74) is -1.35. The molecule has 2 aromatic rings. The maximum absolute atomic E-state index is 13.2. The van der Waals surface area contributed by atoms with Gasteiger partial charge in [0, 0.05) is 31.2 Å². The summed E-state index contributed by atoms with van der Waals surface area (Å²) in [6.45, 7) is 1.07. The highest BCUT2D eigenvalue weighted by Crippen LogP contribution is 2.33. The van der Waals surface area contributed by atoms with Crippen LogP contribution >= 0.6 is 0 Å². The van der Waals surface area contributed by atoms with Crippen molar-refractivity contribution < 1.29 is 35.9 Å². The van der Waals surface area contributed by atoms with Gasteiger partial charge in [-0.05, 0) is 42.3 Å². The van der Waals surface area contributed by atoms with Gasteiger partial charge in [0.25, 0.3) is 5.91 Å². The van der Waals surface area contributed by atoms with Crippen LogP contribution in [0, 0.1) is 0 Å². The summed E-state index contributed by atoms with van der Waals surface area (Å²) in [5, 5.41) is 3.11. The molecule has 1 N–H and O–H groups in total. The standard InChI is InChI=1S/C21H20F6N2O2/c1-31-18-10-14(9-16(11-18)21(25,26)27)19(30)29-7-6-28-12-17(29)8-13-2-4-15(5-3-13)20(22,23)24/h2-5,9-11,17,28H,6-8,12H2,1H3/t17-/m1/s1. The van der Waals surface area contributed by atoms with Gasteiger partial charge >= 0.3 is 12.4 Å². The monoisotopic (exact) mass is 446 g/mol. The Balaban J connectivity index is 1.84. The molecule has 0 radical (unpaired) electrons. The Kier molecular flexibility index (Phi) is 6.49. The van der Waals surface area contributed by atoms with Crippen LogP contribution in [0.4, 0.5) is 26.3 Å². The van der Waals surface area contributed by atoms with Gasteiger partial charge in [-0.2, -0.15) is 26.3 Å². The minimum atomic E-state index is -4.65. The van der Waals surface area contributed by atoms with Gasteiger partial charge in [0.1, 0.15) is 5.75 Å². The Morgan fingerprint density at radius 1 is 1.03 bits per heavy atom. The van der Waals surface area contributed by atoms with Crippen molar-refractivity contribution in [2.75, 3.05) is 26.7 Å². The maximum Gasteiger partial charge on any atom is 0.416 e. The quantitative estimate of drug-likeness (QED) is 0.709. The van der Waals surface area contributed by atoms with Crippen molar-refractivity contribution >= 4 is 5.91 Å². The Morgan fingerprint density at radius 3 is 2.26 bits per heavy atom. The first kappa shape index (κ1) is 22.9. The SMILES string of the molecule is COc1cc(C(=O)N2CCNC[C@H]2Cc2ccc(C(F)(F)F)cc2)cc(C(F)(F)F)c1. The molecule has 0 spiro atoms. The maximum atomic E-state index is 13.2. The second-order valence-electron chi connectivity index (χ2n) is 7.20. The fourth-order valence-electron chi connectivity index (χ4n) is 3.48. The van der Waals surface area contributed by atoms with Crippen LogP contribution in [0.25, 0.3) is 0 Å². The fourth-order valence-corrected chi connectivity index (χ4v) is 3.48. The summed E-state index contributed by atoms with van der Waals surface area (Å²) in [5.74, 6) is -0.685. The summed E-state index contributed by atoms with van der Waals surface area (Å²) in [4.78, 5) is 14.5. The number of carbonyl (C=O) groups excluding carboxylic acids is 1. The molecule has 10 heteroatoms. The van der Waals surface area contributed by atoms with E-state index in [1.807, 2.05) is 0 Å². The topological polar surface area (TPSA) is 41.6 Å². The summed E-state index contributed by atoms with van der Waals surface area (Å²) in [6, 6.07) is 7.02. The van der Waals surface area contributed by atoms with Crippen LogP contribution in [0.1, 0.15) is 27.0 Å². The van der Waals surface area contributed by atoms with Crippen molar-refractivity contribution in [1.82, 2.24) is 10.2 Å². The first-order valence-electron chi connectivity index (χ1n) is 9.43. The summed E-state index contributed by atoms with van der Waals surface area (Å²) < 4.78 is 82.8. The van der Waals surface area contributed by atoms with E-state index in [1.165, 1.54) is 30.2 Å². The largest absolute Gasteiger partial charge is 0.497 e. The van der Waals surface area contributed by atoms with Crippen LogP contribution in [-0.2, 0) is 18.8 Å². The van der Waals surface area contributed by atoms with Crippen molar-refractivity contribution in [3.63, 3.8) is 0 Å². The van der Waals surface area contributed by atoms with Crippen LogP contribution in [0.15, 0.2) is 42.5 Å². The zero-order valence-corrected chi connectivity index (χ0v) is 16.5. The molecule has 1 aliphatic rings. The third kappa shape index (κ3) is 5.49. The second kappa shape index (κ2) is 8.78. The van der Waals surface area contributed by atoms with Crippen molar-refractivity contribution in [3.05, 3.63) is 64.7 Å². The third-order valence-corrected chi connectivity index (χ3v) is 5.08. The van der Waals surface area contributed by atoms with Crippen molar-refractivity contribution in [3.8, 4) is 5.75 Å². The normalized spacial score (nSPS) is 17.5. The molecular weight excluding hydrogens is 426 g/mol. The number of halogens is 6. The van der Waals surface area contributed by atoms with Crippen molar-refractivity contribution in [2.45, 2.75) is 24.8 Å². The molecule has 1 amide bonds. The van der Waals surface area contributed by atoms with Gasteiger partial charge < -0.3 is 15.0 Å². The molecule has 31 heavy (non-hydrogen) atoms. The second-order valence-corrected chi connectivity index (χ2v) is 7.20. The lowest BCUT2D eigenvalue weighted by molar-refractivity contribution is -0.138. The number of alkyl halides is 6. The van der Waals surface area contributed by atoms with Gasteiger partial charge in [-0.3, -0.25) is 4.79 Å². The third-order valence-electron chi connectivity index (χ3n) is 5.08. The lowest BCUT2D eigenvalue weighted by Gasteiger charge is -2.36. The molecular formula is C21H20F6N2O2. The van der Waals surface area contributed by atoms with E-state index in [0.717, 1.165) is 24.3 Å². The number of benzene rings is 2. The average molecular weight is 446 g/mol. The molecule has 1 atom stereocenters. The summed E-state index contributed by atoms with van der Waals surface area (Å²) >= 11 is 0.